The Morgan fingerprint density at radius 1 is 1.35 bits per heavy atom. The zero-order valence-corrected chi connectivity index (χ0v) is 10.3. The minimum absolute atomic E-state index is 0.192. The lowest BCUT2D eigenvalue weighted by atomic mass is 10.1. The van der Waals surface area contributed by atoms with Crippen molar-refractivity contribution in [3.05, 3.63) is 52.0 Å². The molecular formula is C13H14FNOS. The molecule has 0 spiro atoms. The highest BCUT2D eigenvalue weighted by Crippen LogP contribution is 2.23. The molecule has 90 valence electrons. The summed E-state index contributed by atoms with van der Waals surface area (Å²) < 4.78 is 13.1. The lowest BCUT2D eigenvalue weighted by molar-refractivity contribution is 0.421. The van der Waals surface area contributed by atoms with Gasteiger partial charge in [0.2, 0.25) is 0 Å². The van der Waals surface area contributed by atoms with Crippen molar-refractivity contribution in [2.75, 3.05) is 0 Å². The van der Waals surface area contributed by atoms with Gasteiger partial charge in [-0.2, -0.15) is 0 Å². The average molecular weight is 251 g/mol. The number of nitrogens with one attached hydrogen (secondary N) is 1. The van der Waals surface area contributed by atoms with Gasteiger partial charge < -0.3 is 10.4 Å². The quantitative estimate of drug-likeness (QED) is 0.872. The molecule has 1 aromatic heterocycles. The Bertz CT molecular complexity index is 484. The zero-order chi connectivity index (χ0) is 12.3. The van der Waals surface area contributed by atoms with Crippen LogP contribution in [0.1, 0.15) is 23.4 Å². The number of hydrogen-bond acceptors (Lipinski definition) is 3. The van der Waals surface area contributed by atoms with Gasteiger partial charge in [0.15, 0.2) is 11.6 Å². The number of rotatable bonds is 4. The lowest BCUT2D eigenvalue weighted by Gasteiger charge is -2.13. The Labute approximate surface area is 104 Å². The van der Waals surface area contributed by atoms with E-state index in [1.165, 1.54) is 10.9 Å². The molecule has 4 heteroatoms. The molecule has 1 aromatic carbocycles. The van der Waals surface area contributed by atoms with E-state index in [1.54, 1.807) is 23.5 Å². The van der Waals surface area contributed by atoms with Gasteiger partial charge in [0.1, 0.15) is 0 Å². The van der Waals surface area contributed by atoms with Crippen molar-refractivity contribution in [1.29, 1.82) is 0 Å². The highest BCUT2D eigenvalue weighted by Gasteiger charge is 2.09. The third-order valence-electron chi connectivity index (χ3n) is 2.64. The van der Waals surface area contributed by atoms with Crippen LogP contribution >= 0.6 is 11.3 Å². The van der Waals surface area contributed by atoms with Crippen LogP contribution in [0.4, 0.5) is 4.39 Å². The number of hydrogen-bond donors (Lipinski definition) is 2. The van der Waals surface area contributed by atoms with Gasteiger partial charge in [-0.05, 0) is 24.4 Å². The fraction of sp³-hybridized carbons (Fsp3) is 0.231. The van der Waals surface area contributed by atoms with E-state index in [0.717, 1.165) is 0 Å². The molecule has 2 nitrogen and oxygen atoms in total. The number of phenolic OH excluding ortho intramolecular Hbond substituents is 1. The Morgan fingerprint density at radius 3 is 2.88 bits per heavy atom. The number of aromatic hydroxyl groups is 1. The first-order valence-electron chi connectivity index (χ1n) is 5.41. The van der Waals surface area contributed by atoms with Crippen LogP contribution in [0.3, 0.4) is 0 Å². The van der Waals surface area contributed by atoms with Crippen LogP contribution in [0, 0.1) is 5.82 Å². The van der Waals surface area contributed by atoms with Gasteiger partial charge in [0.05, 0.1) is 0 Å². The van der Waals surface area contributed by atoms with Crippen molar-refractivity contribution in [2.45, 2.75) is 19.5 Å². The maximum Gasteiger partial charge on any atom is 0.165 e. The predicted octanol–water partition coefficient (Wildman–Crippen LogP) is 3.44. The standard InChI is InChI=1S/C13H14FNOS/c1-9(12-6-3-7-17-12)15-8-10-4-2-5-11(14)13(10)16/h2-7,9,15-16H,8H2,1H3/t9-/m0/s1. The molecule has 0 fully saturated rings. The van der Waals surface area contributed by atoms with Gasteiger partial charge in [-0.15, -0.1) is 11.3 Å². The van der Waals surface area contributed by atoms with Crippen LogP contribution in [0.5, 0.6) is 5.75 Å². The van der Waals surface area contributed by atoms with Gasteiger partial charge in [-0.25, -0.2) is 4.39 Å². The van der Waals surface area contributed by atoms with Crippen molar-refractivity contribution >= 4 is 11.3 Å². The van der Waals surface area contributed by atoms with Crippen molar-refractivity contribution in [3.8, 4) is 5.75 Å². The first-order chi connectivity index (χ1) is 8.18. The average Bonchev–Trinajstić information content (AvgIpc) is 2.84. The summed E-state index contributed by atoms with van der Waals surface area (Å²) >= 11 is 1.67. The van der Waals surface area contributed by atoms with E-state index >= 15 is 0 Å². The monoisotopic (exact) mass is 251 g/mol. The SMILES string of the molecule is C[C@H](NCc1cccc(F)c1O)c1cccs1. The number of para-hydroxylation sites is 1. The molecule has 0 aliphatic heterocycles. The Kier molecular flexibility index (Phi) is 3.76. The largest absolute Gasteiger partial charge is 0.505 e. The molecule has 0 saturated heterocycles. The van der Waals surface area contributed by atoms with Crippen molar-refractivity contribution < 1.29 is 9.50 Å². The molecule has 17 heavy (non-hydrogen) atoms. The van der Waals surface area contributed by atoms with Gasteiger partial charge in [0, 0.05) is 23.0 Å². The lowest BCUT2D eigenvalue weighted by Crippen LogP contribution is -2.17. The summed E-state index contributed by atoms with van der Waals surface area (Å²) in [6, 6.07) is 8.80. The zero-order valence-electron chi connectivity index (χ0n) is 9.48. The molecule has 2 N–H and O–H groups in total. The molecule has 1 atom stereocenters. The third kappa shape index (κ3) is 2.84. The van der Waals surface area contributed by atoms with Crippen molar-refractivity contribution in [1.82, 2.24) is 5.32 Å². The van der Waals surface area contributed by atoms with Gasteiger partial charge in [0.25, 0.3) is 0 Å². The van der Waals surface area contributed by atoms with Crippen molar-refractivity contribution in [3.63, 3.8) is 0 Å². The summed E-state index contributed by atoms with van der Waals surface area (Å²) in [6.07, 6.45) is 0. The molecule has 0 aliphatic carbocycles. The molecule has 0 aliphatic rings. The number of thiophene rings is 1. The summed E-state index contributed by atoms with van der Waals surface area (Å²) in [5.74, 6) is -0.841. The fourth-order valence-electron chi connectivity index (χ4n) is 1.60. The highest BCUT2D eigenvalue weighted by molar-refractivity contribution is 7.10. The van der Waals surface area contributed by atoms with Crippen LogP contribution in [0.15, 0.2) is 35.7 Å². The second-order valence-electron chi connectivity index (χ2n) is 3.87. The molecule has 0 unspecified atom stereocenters. The van der Waals surface area contributed by atoms with Crippen molar-refractivity contribution in [2.24, 2.45) is 0 Å². The Hall–Kier alpha value is -1.39. The van der Waals surface area contributed by atoms with E-state index < -0.39 is 5.82 Å². The van der Waals surface area contributed by atoms with Gasteiger partial charge >= 0.3 is 0 Å². The van der Waals surface area contributed by atoms with Crippen LogP contribution in [0.25, 0.3) is 0 Å². The number of halogens is 1. The summed E-state index contributed by atoms with van der Waals surface area (Å²) in [6.45, 7) is 2.49. The number of phenols is 1. The minimum atomic E-state index is -0.576. The third-order valence-corrected chi connectivity index (χ3v) is 3.69. The number of benzene rings is 1. The van der Waals surface area contributed by atoms with Gasteiger partial charge in [-0.1, -0.05) is 18.2 Å². The molecule has 0 amide bonds. The van der Waals surface area contributed by atoms with E-state index in [2.05, 4.69) is 5.32 Å². The maximum atomic E-state index is 13.1. The van der Waals surface area contributed by atoms with E-state index in [1.807, 2.05) is 24.4 Å². The normalized spacial score (nSPS) is 12.6. The van der Waals surface area contributed by atoms with Gasteiger partial charge in [-0.3, -0.25) is 0 Å². The Morgan fingerprint density at radius 2 is 2.18 bits per heavy atom. The molecule has 1 heterocycles. The summed E-state index contributed by atoms with van der Waals surface area (Å²) in [5, 5.41) is 14.8. The maximum absolute atomic E-state index is 13.1. The van der Waals surface area contributed by atoms with E-state index in [-0.39, 0.29) is 11.8 Å². The highest BCUT2D eigenvalue weighted by atomic mass is 32.1. The molecule has 0 bridgehead atoms. The second-order valence-corrected chi connectivity index (χ2v) is 4.84. The van der Waals surface area contributed by atoms with Crippen LogP contribution < -0.4 is 5.32 Å². The Balaban J connectivity index is 2.00. The predicted molar refractivity (Wildman–Crippen MR) is 67.6 cm³/mol. The molecule has 2 rings (SSSR count). The topological polar surface area (TPSA) is 32.3 Å². The van der Waals surface area contributed by atoms with E-state index in [9.17, 15) is 9.50 Å². The second kappa shape index (κ2) is 5.29. The van der Waals surface area contributed by atoms with Crippen LogP contribution in [0.2, 0.25) is 0 Å². The first-order valence-corrected chi connectivity index (χ1v) is 6.29. The summed E-state index contributed by atoms with van der Waals surface area (Å²) in [5.41, 5.74) is 0.577. The molecule has 0 saturated carbocycles. The summed E-state index contributed by atoms with van der Waals surface area (Å²) in [4.78, 5) is 1.22. The van der Waals surface area contributed by atoms with E-state index in [0.29, 0.717) is 12.1 Å². The summed E-state index contributed by atoms with van der Waals surface area (Å²) in [7, 11) is 0. The fourth-order valence-corrected chi connectivity index (χ4v) is 2.36. The van der Waals surface area contributed by atoms with Crippen LogP contribution in [-0.2, 0) is 6.54 Å². The smallest absolute Gasteiger partial charge is 0.165 e. The molecular weight excluding hydrogens is 237 g/mol. The first kappa shape index (κ1) is 12.1. The minimum Gasteiger partial charge on any atom is -0.505 e. The van der Waals surface area contributed by atoms with Crippen LogP contribution in [-0.4, -0.2) is 5.11 Å². The van der Waals surface area contributed by atoms with E-state index in [4.69, 9.17) is 0 Å². The molecule has 0 radical (unpaired) electrons. The molecule has 2 aromatic rings.